The molecule has 1 rings (SSSR count). The van der Waals surface area contributed by atoms with Crippen LogP contribution in [0.4, 0.5) is 0 Å². The molecule has 0 aromatic heterocycles. The first kappa shape index (κ1) is 14.5. The number of morpholine rings is 1. The van der Waals surface area contributed by atoms with Gasteiger partial charge in [-0.05, 0) is 20.3 Å². The number of nitrogens with one attached hydrogen (secondary N) is 1. The second-order valence-corrected chi connectivity index (χ2v) is 5.44. The molecule has 0 aromatic carbocycles. The molecule has 1 aliphatic heterocycles. The highest BCUT2D eigenvalue weighted by Gasteiger charge is 2.28. The van der Waals surface area contributed by atoms with Crippen molar-refractivity contribution in [1.82, 2.24) is 10.2 Å². The summed E-state index contributed by atoms with van der Waals surface area (Å²) < 4.78 is 5.35. The molecule has 17 heavy (non-hydrogen) atoms. The van der Waals surface area contributed by atoms with Crippen molar-refractivity contribution in [3.05, 3.63) is 0 Å². The Morgan fingerprint density at radius 3 is 2.53 bits per heavy atom. The van der Waals surface area contributed by atoms with E-state index in [9.17, 15) is 4.79 Å². The van der Waals surface area contributed by atoms with Crippen LogP contribution in [0.1, 0.15) is 34.1 Å². The van der Waals surface area contributed by atoms with E-state index < -0.39 is 0 Å². The predicted octanol–water partition coefficient (Wildman–Crippen LogP) is 1.26. The zero-order valence-corrected chi connectivity index (χ0v) is 11.6. The molecule has 1 aliphatic rings. The monoisotopic (exact) mass is 242 g/mol. The Morgan fingerprint density at radius 2 is 2.00 bits per heavy atom. The number of amides is 1. The smallest absolute Gasteiger partial charge is 0.222 e. The summed E-state index contributed by atoms with van der Waals surface area (Å²) in [6.45, 7) is 12.6. The molecule has 1 atom stereocenters. The van der Waals surface area contributed by atoms with E-state index >= 15 is 0 Å². The zero-order valence-electron chi connectivity index (χ0n) is 11.6. The van der Waals surface area contributed by atoms with E-state index in [4.69, 9.17) is 4.74 Å². The highest BCUT2D eigenvalue weighted by molar-refractivity contribution is 5.78. The second kappa shape index (κ2) is 6.36. The van der Waals surface area contributed by atoms with Gasteiger partial charge in [-0.1, -0.05) is 13.8 Å². The summed E-state index contributed by atoms with van der Waals surface area (Å²) in [5, 5.41) is 3.05. The largest absolute Gasteiger partial charge is 0.379 e. The number of ether oxygens (including phenoxy) is 1. The molecular formula is C13H26N2O2. The molecule has 0 spiro atoms. The van der Waals surface area contributed by atoms with E-state index in [1.807, 2.05) is 13.8 Å². The average Bonchev–Trinajstić information content (AvgIpc) is 2.36. The molecule has 100 valence electrons. The number of rotatable bonds is 5. The zero-order chi connectivity index (χ0) is 12.9. The fourth-order valence-electron chi connectivity index (χ4n) is 1.94. The first-order valence-electron chi connectivity index (χ1n) is 6.58. The molecule has 1 N–H and O–H groups in total. The van der Waals surface area contributed by atoms with Crippen molar-refractivity contribution in [3.8, 4) is 0 Å². The van der Waals surface area contributed by atoms with Crippen LogP contribution in [0.25, 0.3) is 0 Å². The van der Waals surface area contributed by atoms with E-state index in [1.54, 1.807) is 0 Å². The Morgan fingerprint density at radius 1 is 1.41 bits per heavy atom. The summed E-state index contributed by atoms with van der Waals surface area (Å²) in [6.07, 6.45) is 0.893. The molecule has 0 saturated carbocycles. The van der Waals surface area contributed by atoms with Gasteiger partial charge in [0.25, 0.3) is 0 Å². The van der Waals surface area contributed by atoms with Crippen LogP contribution in [-0.2, 0) is 9.53 Å². The normalized spacial score (nSPS) is 20.0. The maximum absolute atomic E-state index is 11.7. The van der Waals surface area contributed by atoms with Crippen molar-refractivity contribution in [2.45, 2.75) is 39.7 Å². The summed E-state index contributed by atoms with van der Waals surface area (Å²) in [5.74, 6) is 0.268. The molecule has 4 heteroatoms. The van der Waals surface area contributed by atoms with Crippen LogP contribution >= 0.6 is 0 Å². The van der Waals surface area contributed by atoms with Crippen LogP contribution < -0.4 is 5.32 Å². The molecule has 0 aromatic rings. The molecule has 0 bridgehead atoms. The van der Waals surface area contributed by atoms with Gasteiger partial charge in [0, 0.05) is 31.1 Å². The molecular weight excluding hydrogens is 216 g/mol. The Hall–Kier alpha value is -0.610. The molecule has 4 nitrogen and oxygen atoms in total. The third-order valence-corrected chi connectivity index (χ3v) is 3.62. The van der Waals surface area contributed by atoms with Crippen molar-refractivity contribution in [3.63, 3.8) is 0 Å². The maximum atomic E-state index is 11.7. The maximum Gasteiger partial charge on any atom is 0.222 e. The summed E-state index contributed by atoms with van der Waals surface area (Å²) >= 11 is 0. The van der Waals surface area contributed by atoms with Crippen LogP contribution in [0.5, 0.6) is 0 Å². The van der Waals surface area contributed by atoms with Crippen molar-refractivity contribution in [2.24, 2.45) is 5.92 Å². The lowest BCUT2D eigenvalue weighted by atomic mass is 10.0. The average molecular weight is 242 g/mol. The van der Waals surface area contributed by atoms with Crippen LogP contribution in [0, 0.1) is 5.92 Å². The minimum atomic E-state index is 0.00685. The van der Waals surface area contributed by atoms with E-state index in [2.05, 4.69) is 24.1 Å². The van der Waals surface area contributed by atoms with Crippen LogP contribution in [-0.4, -0.2) is 49.2 Å². The minimum Gasteiger partial charge on any atom is -0.379 e. The standard InChI is InChI=1S/C13H26N2O2/c1-5-11(2)12(16)14-10-13(3,4)15-6-8-17-9-7-15/h11H,5-10H2,1-4H3,(H,14,16)/t11-/m0/s1. The van der Waals surface area contributed by atoms with Gasteiger partial charge in [0.05, 0.1) is 13.2 Å². The Bertz CT molecular complexity index is 248. The first-order valence-corrected chi connectivity index (χ1v) is 6.58. The Balaban J connectivity index is 2.40. The second-order valence-electron chi connectivity index (χ2n) is 5.44. The van der Waals surface area contributed by atoms with Gasteiger partial charge in [0.15, 0.2) is 0 Å². The third kappa shape index (κ3) is 4.28. The van der Waals surface area contributed by atoms with Gasteiger partial charge >= 0.3 is 0 Å². The highest BCUT2D eigenvalue weighted by atomic mass is 16.5. The number of carbonyl (C=O) groups is 1. The molecule has 0 unspecified atom stereocenters. The molecule has 1 saturated heterocycles. The molecule has 1 fully saturated rings. The lowest BCUT2D eigenvalue weighted by molar-refractivity contribution is -0.125. The van der Waals surface area contributed by atoms with E-state index in [0.717, 1.165) is 32.7 Å². The van der Waals surface area contributed by atoms with Crippen LogP contribution in [0.3, 0.4) is 0 Å². The Kier molecular flexibility index (Phi) is 5.40. The molecule has 0 aliphatic carbocycles. The molecule has 0 radical (unpaired) electrons. The number of hydrogen-bond donors (Lipinski definition) is 1. The quantitative estimate of drug-likeness (QED) is 0.789. The molecule has 1 amide bonds. The van der Waals surface area contributed by atoms with Gasteiger partial charge in [-0.2, -0.15) is 0 Å². The highest BCUT2D eigenvalue weighted by Crippen LogP contribution is 2.15. The third-order valence-electron chi connectivity index (χ3n) is 3.62. The van der Waals surface area contributed by atoms with Gasteiger partial charge in [-0.3, -0.25) is 9.69 Å². The van der Waals surface area contributed by atoms with Crippen molar-refractivity contribution >= 4 is 5.91 Å². The van der Waals surface area contributed by atoms with Crippen LogP contribution in [0.15, 0.2) is 0 Å². The molecule has 1 heterocycles. The van der Waals surface area contributed by atoms with Gasteiger partial charge in [0.1, 0.15) is 0 Å². The van der Waals surface area contributed by atoms with Crippen molar-refractivity contribution < 1.29 is 9.53 Å². The Labute approximate surface area is 105 Å². The summed E-state index contributed by atoms with van der Waals surface area (Å²) in [4.78, 5) is 14.1. The minimum absolute atomic E-state index is 0.00685. The lowest BCUT2D eigenvalue weighted by Gasteiger charge is -2.41. The number of hydrogen-bond acceptors (Lipinski definition) is 3. The van der Waals surface area contributed by atoms with Crippen molar-refractivity contribution in [1.29, 1.82) is 0 Å². The summed E-state index contributed by atoms with van der Waals surface area (Å²) in [6, 6.07) is 0. The fraction of sp³-hybridized carbons (Fsp3) is 0.923. The number of nitrogens with zero attached hydrogens (tertiary/aromatic N) is 1. The van der Waals surface area contributed by atoms with Gasteiger partial charge in [-0.25, -0.2) is 0 Å². The van der Waals surface area contributed by atoms with E-state index in [-0.39, 0.29) is 17.4 Å². The predicted molar refractivity (Wildman–Crippen MR) is 68.9 cm³/mol. The topological polar surface area (TPSA) is 41.6 Å². The van der Waals surface area contributed by atoms with Gasteiger partial charge in [-0.15, -0.1) is 0 Å². The number of carbonyl (C=O) groups excluding carboxylic acids is 1. The SMILES string of the molecule is CC[C@H](C)C(=O)NCC(C)(C)N1CCOCC1. The van der Waals surface area contributed by atoms with E-state index in [1.165, 1.54) is 0 Å². The van der Waals surface area contributed by atoms with E-state index in [0.29, 0.717) is 6.54 Å². The van der Waals surface area contributed by atoms with Crippen molar-refractivity contribution in [2.75, 3.05) is 32.8 Å². The van der Waals surface area contributed by atoms with Gasteiger partial charge < -0.3 is 10.1 Å². The summed E-state index contributed by atoms with van der Waals surface area (Å²) in [5.41, 5.74) is 0.00685. The fourth-order valence-corrected chi connectivity index (χ4v) is 1.94. The van der Waals surface area contributed by atoms with Crippen LogP contribution in [0.2, 0.25) is 0 Å². The first-order chi connectivity index (χ1) is 7.97. The van der Waals surface area contributed by atoms with Gasteiger partial charge in [0.2, 0.25) is 5.91 Å². The lowest BCUT2D eigenvalue weighted by Crippen LogP contribution is -2.55. The summed E-state index contributed by atoms with van der Waals surface area (Å²) in [7, 11) is 0.